The van der Waals surface area contributed by atoms with Gasteiger partial charge in [-0.05, 0) is 23.6 Å². The second kappa shape index (κ2) is 5.25. The van der Waals surface area contributed by atoms with Crippen molar-refractivity contribution in [1.29, 1.82) is 0 Å². The van der Waals surface area contributed by atoms with Gasteiger partial charge in [-0.3, -0.25) is 4.79 Å². The van der Waals surface area contributed by atoms with Crippen LogP contribution in [0.2, 0.25) is 5.02 Å². The third-order valence-electron chi connectivity index (χ3n) is 3.61. The van der Waals surface area contributed by atoms with Crippen LogP contribution < -0.4 is 4.90 Å². The molecule has 0 amide bonds. The summed E-state index contributed by atoms with van der Waals surface area (Å²) < 4.78 is 14.0. The van der Waals surface area contributed by atoms with Crippen LogP contribution in [0.25, 0.3) is 0 Å². The van der Waals surface area contributed by atoms with E-state index in [-0.39, 0.29) is 10.6 Å². The van der Waals surface area contributed by atoms with Crippen molar-refractivity contribution in [3.05, 3.63) is 63.9 Å². The second-order valence-electron chi connectivity index (χ2n) is 4.87. The summed E-state index contributed by atoms with van der Waals surface area (Å²) in [6, 6.07) is 11.6. The number of carbonyl (C=O) groups is 1. The normalized spacial score (nSPS) is 13.4. The largest absolute Gasteiger partial charge is 0.366 e. The summed E-state index contributed by atoms with van der Waals surface area (Å²) in [6.45, 7) is 1.43. The zero-order chi connectivity index (χ0) is 14.1. The van der Waals surface area contributed by atoms with Crippen molar-refractivity contribution >= 4 is 23.6 Å². The quantitative estimate of drug-likeness (QED) is 0.800. The first-order valence-electron chi connectivity index (χ1n) is 6.45. The average Bonchev–Trinajstić information content (AvgIpc) is 2.84. The minimum atomic E-state index is -0.625. The van der Waals surface area contributed by atoms with E-state index in [1.54, 1.807) is 6.07 Å². The van der Waals surface area contributed by atoms with E-state index in [1.165, 1.54) is 0 Å². The summed E-state index contributed by atoms with van der Waals surface area (Å²) in [4.78, 5) is 13.2. The lowest BCUT2D eigenvalue weighted by molar-refractivity contribution is 0.112. The Bertz CT molecular complexity index is 657. The number of carbonyl (C=O) groups excluding carboxylic acids is 1. The van der Waals surface area contributed by atoms with Crippen LogP contribution in [-0.4, -0.2) is 12.8 Å². The van der Waals surface area contributed by atoms with Crippen LogP contribution >= 0.6 is 11.6 Å². The van der Waals surface area contributed by atoms with E-state index in [2.05, 4.69) is 0 Å². The van der Waals surface area contributed by atoms with Gasteiger partial charge in [-0.2, -0.15) is 0 Å². The van der Waals surface area contributed by atoms with E-state index >= 15 is 0 Å². The van der Waals surface area contributed by atoms with E-state index in [0.717, 1.165) is 24.1 Å². The highest BCUT2D eigenvalue weighted by atomic mass is 35.5. The van der Waals surface area contributed by atoms with Gasteiger partial charge >= 0.3 is 0 Å². The van der Waals surface area contributed by atoms with Gasteiger partial charge in [0.25, 0.3) is 0 Å². The summed E-state index contributed by atoms with van der Waals surface area (Å²) in [7, 11) is 0. The number of anilines is 1. The first kappa shape index (κ1) is 13.1. The van der Waals surface area contributed by atoms with Gasteiger partial charge in [-0.25, -0.2) is 4.39 Å². The lowest BCUT2D eigenvalue weighted by atomic mass is 10.1. The van der Waals surface area contributed by atoms with Gasteiger partial charge in [-0.1, -0.05) is 41.9 Å². The van der Waals surface area contributed by atoms with Gasteiger partial charge in [0, 0.05) is 13.1 Å². The summed E-state index contributed by atoms with van der Waals surface area (Å²) in [5.74, 6) is -0.625. The smallest absolute Gasteiger partial charge is 0.155 e. The monoisotopic (exact) mass is 289 g/mol. The fourth-order valence-corrected chi connectivity index (χ4v) is 2.92. The second-order valence-corrected chi connectivity index (χ2v) is 5.28. The molecule has 2 nitrogen and oxygen atoms in total. The molecule has 0 N–H and O–H groups in total. The number of halogens is 2. The first-order chi connectivity index (χ1) is 9.70. The predicted molar refractivity (Wildman–Crippen MR) is 78.0 cm³/mol. The first-order valence-corrected chi connectivity index (χ1v) is 6.83. The van der Waals surface area contributed by atoms with Gasteiger partial charge in [0.05, 0.1) is 16.3 Å². The van der Waals surface area contributed by atoms with Gasteiger partial charge in [0.2, 0.25) is 0 Å². The fraction of sp³-hybridized carbons (Fsp3) is 0.188. The summed E-state index contributed by atoms with van der Waals surface area (Å²) in [5.41, 5.74) is 2.83. The van der Waals surface area contributed by atoms with Crippen LogP contribution in [0.4, 0.5) is 10.1 Å². The number of hydrogen-bond acceptors (Lipinski definition) is 2. The number of benzene rings is 2. The van der Waals surface area contributed by atoms with E-state index in [4.69, 9.17) is 11.6 Å². The Labute approximate surface area is 121 Å². The summed E-state index contributed by atoms with van der Waals surface area (Å²) in [5, 5.41) is 0.0208. The fourth-order valence-electron chi connectivity index (χ4n) is 2.69. The number of fused-ring (bicyclic) bond motifs is 1. The van der Waals surface area contributed by atoms with E-state index in [9.17, 15) is 9.18 Å². The highest BCUT2D eigenvalue weighted by Crippen LogP contribution is 2.36. The number of hydrogen-bond donors (Lipinski definition) is 0. The molecule has 0 radical (unpaired) electrons. The molecule has 1 aliphatic rings. The zero-order valence-electron chi connectivity index (χ0n) is 10.8. The molecular weight excluding hydrogens is 277 g/mol. The lowest BCUT2D eigenvalue weighted by Crippen LogP contribution is -2.21. The molecule has 1 heterocycles. The van der Waals surface area contributed by atoms with Crippen molar-refractivity contribution < 1.29 is 9.18 Å². The summed E-state index contributed by atoms with van der Waals surface area (Å²) in [6.07, 6.45) is 1.34. The van der Waals surface area contributed by atoms with Crippen LogP contribution in [-0.2, 0) is 13.0 Å². The molecule has 20 heavy (non-hydrogen) atoms. The van der Waals surface area contributed by atoms with Gasteiger partial charge in [0.1, 0.15) is 0 Å². The van der Waals surface area contributed by atoms with Crippen molar-refractivity contribution in [1.82, 2.24) is 0 Å². The van der Waals surface area contributed by atoms with Crippen molar-refractivity contribution in [3.8, 4) is 0 Å². The molecule has 0 saturated carbocycles. The molecule has 102 valence electrons. The molecule has 0 spiro atoms. The minimum Gasteiger partial charge on any atom is -0.366 e. The number of rotatable bonds is 3. The molecule has 3 rings (SSSR count). The molecule has 2 aromatic carbocycles. The van der Waals surface area contributed by atoms with Gasteiger partial charge in [0.15, 0.2) is 12.1 Å². The highest BCUT2D eigenvalue weighted by molar-refractivity contribution is 6.31. The van der Waals surface area contributed by atoms with E-state index in [1.807, 2.05) is 35.2 Å². The molecule has 0 fully saturated rings. The zero-order valence-corrected chi connectivity index (χ0v) is 11.5. The van der Waals surface area contributed by atoms with Crippen molar-refractivity contribution in [3.63, 3.8) is 0 Å². The van der Waals surface area contributed by atoms with Crippen LogP contribution in [0.5, 0.6) is 0 Å². The van der Waals surface area contributed by atoms with Crippen LogP contribution in [0.3, 0.4) is 0 Å². The van der Waals surface area contributed by atoms with Gasteiger partial charge < -0.3 is 4.90 Å². The Hall–Kier alpha value is -1.87. The lowest BCUT2D eigenvalue weighted by Gasteiger charge is -2.21. The molecule has 0 saturated heterocycles. The van der Waals surface area contributed by atoms with Crippen LogP contribution in [0, 0.1) is 5.82 Å². The van der Waals surface area contributed by atoms with E-state index in [0.29, 0.717) is 18.5 Å². The standard InChI is InChI=1S/C16H13ClFNO/c17-14-8-12-6-7-19(9-11-4-2-1-3-5-11)16(12)13(10-20)15(14)18/h1-5,8,10H,6-7,9H2. The average molecular weight is 290 g/mol. The Morgan fingerprint density at radius 1 is 1.30 bits per heavy atom. The molecule has 0 aromatic heterocycles. The Kier molecular flexibility index (Phi) is 3.45. The van der Waals surface area contributed by atoms with Crippen LogP contribution in [0.1, 0.15) is 21.5 Å². The topological polar surface area (TPSA) is 20.3 Å². The minimum absolute atomic E-state index is 0.0208. The van der Waals surface area contributed by atoms with Crippen LogP contribution in [0.15, 0.2) is 36.4 Å². The molecule has 2 aromatic rings. The van der Waals surface area contributed by atoms with Gasteiger partial charge in [-0.15, -0.1) is 0 Å². The maximum absolute atomic E-state index is 14.0. The Morgan fingerprint density at radius 3 is 2.75 bits per heavy atom. The molecule has 4 heteroatoms. The SMILES string of the molecule is O=Cc1c(F)c(Cl)cc2c1N(Cc1ccccc1)CC2. The Balaban J connectivity index is 2.01. The number of aldehydes is 1. The molecule has 0 unspecified atom stereocenters. The molecule has 0 bridgehead atoms. The Morgan fingerprint density at radius 2 is 2.05 bits per heavy atom. The maximum atomic E-state index is 14.0. The van der Waals surface area contributed by atoms with Crippen molar-refractivity contribution in [2.75, 3.05) is 11.4 Å². The predicted octanol–water partition coefficient (Wildman–Crippen LogP) is 3.85. The molecular formula is C16H13ClFNO. The maximum Gasteiger partial charge on any atom is 0.155 e. The third-order valence-corrected chi connectivity index (χ3v) is 3.88. The van der Waals surface area contributed by atoms with E-state index < -0.39 is 5.82 Å². The number of nitrogens with zero attached hydrogens (tertiary/aromatic N) is 1. The summed E-state index contributed by atoms with van der Waals surface area (Å²) >= 11 is 5.83. The van der Waals surface area contributed by atoms with Crippen molar-refractivity contribution in [2.45, 2.75) is 13.0 Å². The molecule has 0 atom stereocenters. The third kappa shape index (κ3) is 2.18. The van der Waals surface area contributed by atoms with Crippen molar-refractivity contribution in [2.24, 2.45) is 0 Å². The molecule has 1 aliphatic heterocycles. The highest BCUT2D eigenvalue weighted by Gasteiger charge is 2.26. The molecule has 0 aliphatic carbocycles.